The Morgan fingerprint density at radius 3 is 1.04 bits per heavy atom. The first-order valence-corrected chi connectivity index (χ1v) is 32.0. The Labute approximate surface area is 468 Å². The number of esters is 3. The van der Waals surface area contributed by atoms with Gasteiger partial charge in [0, 0.05) is 24.4 Å². The Kier molecular flexibility index (Phi) is 20.0. The van der Waals surface area contributed by atoms with Gasteiger partial charge in [0.05, 0.1) is 65.2 Å². The van der Waals surface area contributed by atoms with E-state index in [0.29, 0.717) is 0 Å². The minimum absolute atomic E-state index is 0.236. The molecule has 0 aromatic heterocycles. The van der Waals surface area contributed by atoms with E-state index in [-0.39, 0.29) is 33.9 Å². The molecule has 452 valence electrons. The van der Waals surface area contributed by atoms with Crippen molar-refractivity contribution in [3.05, 3.63) is 69.8 Å². The van der Waals surface area contributed by atoms with Crippen molar-refractivity contribution in [3.63, 3.8) is 0 Å². The summed E-state index contributed by atoms with van der Waals surface area (Å²) in [6, 6.07) is -0.272. The Hall–Kier alpha value is -5.93. The van der Waals surface area contributed by atoms with Crippen molar-refractivity contribution in [2.45, 2.75) is 67.3 Å². The second-order valence-corrected chi connectivity index (χ2v) is 28.5. The summed E-state index contributed by atoms with van der Waals surface area (Å²) in [5.41, 5.74) is -22.0. The lowest BCUT2D eigenvalue weighted by atomic mass is 9.62. The monoisotopic (exact) mass is 1300 g/mol. The van der Waals surface area contributed by atoms with Gasteiger partial charge in [0.25, 0.3) is 44.3 Å². The zero-order chi connectivity index (χ0) is 61.1. The SMILES string of the molecule is CCOC(=O)[C@H](CSS(=O)(=O)C(F)(F)F)NC(=O)c1ccc2c3c1Oc1ccc(C(=O)N[C@@H](CSS(=O)(=O)C(F)(F)F)C(=O)OCC)c4c1C3(CCOCOC)c1c(ccc(C(=O)N[C@@H](CSS(=O)(=O)C(F)(F)F)C(=O)OCC)c1O2)O4. The highest BCUT2D eigenvalue weighted by molar-refractivity contribution is 8.73. The first-order chi connectivity index (χ1) is 38.1. The summed E-state index contributed by atoms with van der Waals surface area (Å²) in [7, 11) is -19.0. The van der Waals surface area contributed by atoms with E-state index in [4.69, 9.17) is 37.9 Å². The van der Waals surface area contributed by atoms with Gasteiger partial charge >= 0.3 is 34.4 Å². The molecule has 0 unspecified atom stereocenters. The van der Waals surface area contributed by atoms with Gasteiger partial charge < -0.3 is 53.8 Å². The first kappa shape index (κ1) is 65.2. The number of ether oxygens (including phenoxy) is 8. The van der Waals surface area contributed by atoms with Crippen LogP contribution in [0.4, 0.5) is 39.5 Å². The maximum absolute atomic E-state index is 14.5. The second-order valence-electron chi connectivity index (χ2n) is 16.6. The summed E-state index contributed by atoms with van der Waals surface area (Å²) in [5, 5.41) is 6.42. The van der Waals surface area contributed by atoms with Crippen LogP contribution in [0.3, 0.4) is 0 Å². The van der Waals surface area contributed by atoms with Gasteiger partial charge in [-0.25, -0.2) is 39.6 Å². The van der Waals surface area contributed by atoms with Gasteiger partial charge in [0.2, 0.25) is 0 Å². The fraction of sp³-hybridized carbons (Fsp3) is 0.455. The molecule has 82 heavy (non-hydrogen) atoms. The van der Waals surface area contributed by atoms with Crippen LogP contribution in [-0.2, 0) is 70.1 Å². The number of methoxy groups -OCH3 is 1. The van der Waals surface area contributed by atoms with Crippen molar-refractivity contribution in [1.82, 2.24) is 16.0 Å². The van der Waals surface area contributed by atoms with Crippen molar-refractivity contribution in [2.75, 3.05) is 57.6 Å². The quantitative estimate of drug-likeness (QED) is 0.0160. The summed E-state index contributed by atoms with van der Waals surface area (Å²) >= 11 is 0. The number of amides is 3. The van der Waals surface area contributed by atoms with Crippen LogP contribution >= 0.6 is 32.4 Å². The van der Waals surface area contributed by atoms with E-state index in [1.165, 1.54) is 27.9 Å². The van der Waals surface area contributed by atoms with Crippen LogP contribution in [-0.4, -0.2) is 153 Å². The highest BCUT2D eigenvalue weighted by Crippen LogP contribution is 2.69. The standard InChI is InChI=1S/C44H42F9N3O20S6/c1-5-71-38(60)23(16-77-80(63,64)42(45,46)47)54-35(57)20-8-11-26-29-32(20)74-27-12-9-21(36(58)55-24(39(61)72-6-2)17-78-81(65,66)43(48,49)50)33-30(27)41(29,14-15-70-19-69-4)31-28(76-33)13-10-22(34(31)75-26)37(59)56-25(40(62)73-7-3)18-79-82(67,68)44(51,52)53/h8-13,23-25H,5-7,14-19H2,1-4H3,(H,54,57)(H,55,58)(H,56,59)/t23-,24-,25-,41?/m0/s1. The molecule has 38 heteroatoms. The van der Waals surface area contributed by atoms with Gasteiger partial charge in [-0.1, -0.05) is 0 Å². The van der Waals surface area contributed by atoms with E-state index in [9.17, 15) is 93.5 Å². The van der Waals surface area contributed by atoms with E-state index in [1.807, 2.05) is 0 Å². The maximum atomic E-state index is 14.5. The fourth-order valence-corrected chi connectivity index (χ4v) is 14.1. The number of carbonyl (C=O) groups excluding carboxylic acids is 6. The number of alkyl halides is 9. The van der Waals surface area contributed by atoms with Crippen LogP contribution in [0.5, 0.6) is 34.5 Å². The molecule has 3 N–H and O–H groups in total. The normalized spacial score (nSPS) is 15.2. The van der Waals surface area contributed by atoms with Crippen LogP contribution in [0.1, 0.15) is 75.0 Å². The minimum Gasteiger partial charge on any atom is -0.464 e. The van der Waals surface area contributed by atoms with Gasteiger partial charge in [-0.3, -0.25) is 14.4 Å². The number of halogens is 9. The number of hydrogen-bond acceptors (Lipinski definition) is 23. The van der Waals surface area contributed by atoms with Gasteiger partial charge in [-0.05, 0) is 96.0 Å². The highest BCUT2D eigenvalue weighted by Gasteiger charge is 2.58. The van der Waals surface area contributed by atoms with Crippen LogP contribution < -0.4 is 30.2 Å². The largest absolute Gasteiger partial charge is 0.507 e. The van der Waals surface area contributed by atoms with Gasteiger partial charge in [0.1, 0.15) is 59.4 Å². The number of carbonyl (C=O) groups is 6. The average Bonchev–Trinajstić information content (AvgIpc) is 1.67. The molecule has 6 rings (SSSR count). The molecular formula is C44H42F9N3O20S6. The summed E-state index contributed by atoms with van der Waals surface area (Å²) in [6.45, 7) is 1.77. The van der Waals surface area contributed by atoms with E-state index in [0.717, 1.165) is 36.4 Å². The molecule has 0 bridgehead atoms. The minimum atomic E-state index is -5.97. The third-order valence-corrected chi connectivity index (χ3v) is 21.2. The maximum Gasteiger partial charge on any atom is 0.507 e. The molecule has 3 amide bonds. The molecule has 0 radical (unpaired) electrons. The zero-order valence-electron chi connectivity index (χ0n) is 42.1. The lowest BCUT2D eigenvalue weighted by Crippen LogP contribution is -2.46. The lowest BCUT2D eigenvalue weighted by molar-refractivity contribution is -0.145. The van der Waals surface area contributed by atoms with Crippen LogP contribution in [0, 0.1) is 0 Å². The van der Waals surface area contributed by atoms with E-state index in [2.05, 4.69) is 16.0 Å². The summed E-state index contributed by atoms with van der Waals surface area (Å²) < 4.78 is 238. The fourth-order valence-electron chi connectivity index (χ4n) is 8.08. The second kappa shape index (κ2) is 25.1. The molecule has 3 aromatic rings. The van der Waals surface area contributed by atoms with E-state index in [1.54, 1.807) is 0 Å². The third kappa shape index (κ3) is 13.4. The van der Waals surface area contributed by atoms with E-state index < -0.39 is 226 Å². The Morgan fingerprint density at radius 1 is 0.512 bits per heavy atom. The summed E-state index contributed by atoms with van der Waals surface area (Å²) in [6.07, 6.45) is -0.445. The number of nitrogens with one attached hydrogen (secondary N) is 3. The summed E-state index contributed by atoms with van der Waals surface area (Å²) in [4.78, 5) is 82.8. The topological polar surface area (TPSA) is 315 Å². The molecular weight excluding hydrogens is 1250 g/mol. The molecule has 0 aliphatic carbocycles. The molecule has 3 aliphatic heterocycles. The molecule has 3 aromatic carbocycles. The predicted octanol–water partition coefficient (Wildman–Crippen LogP) is 6.08. The Balaban J connectivity index is 1.59. The van der Waals surface area contributed by atoms with Crippen molar-refractivity contribution < 1.29 is 131 Å². The molecule has 23 nitrogen and oxygen atoms in total. The third-order valence-electron chi connectivity index (χ3n) is 11.5. The molecule has 3 atom stereocenters. The predicted molar refractivity (Wildman–Crippen MR) is 268 cm³/mol. The van der Waals surface area contributed by atoms with Crippen molar-refractivity contribution >= 4 is 94.6 Å². The molecule has 0 fully saturated rings. The smallest absolute Gasteiger partial charge is 0.464 e. The number of hydrogen-bond donors (Lipinski definition) is 3. The van der Waals surface area contributed by atoms with Crippen LogP contribution in [0.25, 0.3) is 0 Å². The van der Waals surface area contributed by atoms with Gasteiger partial charge in [-0.15, -0.1) is 0 Å². The van der Waals surface area contributed by atoms with Gasteiger partial charge in [-0.2, -0.15) is 39.5 Å². The number of benzene rings is 3. The number of rotatable bonds is 26. The van der Waals surface area contributed by atoms with Crippen molar-refractivity contribution in [2.24, 2.45) is 0 Å². The molecule has 3 aliphatic rings. The Morgan fingerprint density at radius 2 is 0.793 bits per heavy atom. The van der Waals surface area contributed by atoms with Crippen LogP contribution in [0.15, 0.2) is 36.4 Å². The van der Waals surface area contributed by atoms with Gasteiger partial charge in [0.15, 0.2) is 0 Å². The zero-order valence-corrected chi connectivity index (χ0v) is 47.0. The van der Waals surface area contributed by atoms with Crippen LogP contribution in [0.2, 0.25) is 0 Å². The Bertz CT molecular complexity index is 3040. The van der Waals surface area contributed by atoms with Crippen molar-refractivity contribution in [3.8, 4) is 34.5 Å². The highest BCUT2D eigenvalue weighted by atomic mass is 33.1. The first-order valence-electron chi connectivity index (χ1n) is 23.0. The molecule has 0 saturated carbocycles. The molecule has 0 saturated heterocycles. The molecule has 3 heterocycles. The average molecular weight is 1300 g/mol. The van der Waals surface area contributed by atoms with Crippen molar-refractivity contribution in [1.29, 1.82) is 0 Å². The van der Waals surface area contributed by atoms with E-state index >= 15 is 0 Å². The molecule has 0 spiro atoms. The summed E-state index contributed by atoms with van der Waals surface area (Å²) in [5.74, 6) is -14.7. The lowest BCUT2D eigenvalue weighted by Gasteiger charge is -2.48.